The Hall–Kier alpha value is -0.0800. The minimum atomic E-state index is -0.242. The van der Waals surface area contributed by atoms with Crippen LogP contribution in [-0.4, -0.2) is 22.4 Å². The van der Waals surface area contributed by atoms with Gasteiger partial charge in [-0.15, -0.1) is 0 Å². The monoisotopic (exact) mass is 170 g/mol. The molecule has 2 saturated heterocycles. The van der Waals surface area contributed by atoms with Gasteiger partial charge in [0.2, 0.25) is 0 Å². The van der Waals surface area contributed by atoms with Crippen molar-refractivity contribution in [1.82, 2.24) is 0 Å². The van der Waals surface area contributed by atoms with Gasteiger partial charge < -0.3 is 9.84 Å². The summed E-state index contributed by atoms with van der Waals surface area (Å²) >= 11 is 0. The summed E-state index contributed by atoms with van der Waals surface area (Å²) in [4.78, 5) is 0. The van der Waals surface area contributed by atoms with Crippen molar-refractivity contribution in [3.8, 4) is 0 Å². The third-order valence-corrected chi connectivity index (χ3v) is 3.78. The van der Waals surface area contributed by atoms with Gasteiger partial charge in [-0.05, 0) is 25.7 Å². The number of fused-ring (bicyclic) bond motifs is 2. The highest BCUT2D eigenvalue weighted by molar-refractivity contribution is 5.09. The minimum absolute atomic E-state index is 0.00579. The van der Waals surface area contributed by atoms with Gasteiger partial charge in [-0.25, -0.2) is 0 Å². The molecule has 12 heavy (non-hydrogen) atoms. The van der Waals surface area contributed by atoms with E-state index < -0.39 is 0 Å². The Morgan fingerprint density at radius 3 is 2.33 bits per heavy atom. The molecule has 2 rings (SSSR count). The second-order valence-corrected chi connectivity index (χ2v) is 4.85. The molecule has 2 heterocycles. The fourth-order valence-corrected chi connectivity index (χ4v) is 2.59. The summed E-state index contributed by atoms with van der Waals surface area (Å²) in [5, 5.41) is 9.77. The van der Waals surface area contributed by atoms with E-state index in [2.05, 4.69) is 13.8 Å². The first-order valence-electron chi connectivity index (χ1n) is 4.87. The fourth-order valence-electron chi connectivity index (χ4n) is 2.59. The van der Waals surface area contributed by atoms with Crippen LogP contribution in [0.3, 0.4) is 0 Å². The van der Waals surface area contributed by atoms with Gasteiger partial charge in [0.15, 0.2) is 0 Å². The van der Waals surface area contributed by atoms with Crippen LogP contribution in [0, 0.1) is 5.92 Å². The van der Waals surface area contributed by atoms with Gasteiger partial charge in [-0.2, -0.15) is 0 Å². The molecule has 70 valence electrons. The number of aliphatic hydroxyl groups excluding tert-OH is 1. The molecular formula is C10H18O2. The summed E-state index contributed by atoms with van der Waals surface area (Å²) in [6.07, 6.45) is 2.74. The highest BCUT2D eigenvalue weighted by Gasteiger charge is 2.59. The van der Waals surface area contributed by atoms with Crippen molar-refractivity contribution in [2.45, 2.75) is 57.3 Å². The Bertz CT molecular complexity index is 202. The van der Waals surface area contributed by atoms with E-state index in [1.165, 1.54) is 0 Å². The predicted octanol–water partition coefficient (Wildman–Crippen LogP) is 1.71. The number of hydrogen-bond donors (Lipinski definition) is 1. The summed E-state index contributed by atoms with van der Waals surface area (Å²) in [5.74, 6) is 0.525. The van der Waals surface area contributed by atoms with Crippen LogP contribution in [0.15, 0.2) is 0 Å². The maximum absolute atomic E-state index is 9.77. The predicted molar refractivity (Wildman–Crippen MR) is 46.9 cm³/mol. The molecule has 0 aliphatic carbocycles. The van der Waals surface area contributed by atoms with E-state index in [0.717, 1.165) is 19.3 Å². The van der Waals surface area contributed by atoms with Gasteiger partial charge >= 0.3 is 0 Å². The first-order valence-corrected chi connectivity index (χ1v) is 4.87. The molecule has 2 bridgehead atoms. The highest BCUT2D eigenvalue weighted by Crippen LogP contribution is 2.53. The van der Waals surface area contributed by atoms with E-state index in [1.54, 1.807) is 0 Å². The lowest BCUT2D eigenvalue weighted by Gasteiger charge is -2.29. The fraction of sp³-hybridized carbons (Fsp3) is 1.00. The van der Waals surface area contributed by atoms with Crippen LogP contribution in [0.4, 0.5) is 0 Å². The van der Waals surface area contributed by atoms with E-state index in [1.807, 2.05) is 6.92 Å². The van der Waals surface area contributed by atoms with Crippen LogP contribution in [0.25, 0.3) is 0 Å². The summed E-state index contributed by atoms with van der Waals surface area (Å²) in [6, 6.07) is 0. The van der Waals surface area contributed by atoms with Crippen LogP contribution in [0.2, 0.25) is 0 Å². The molecule has 0 radical (unpaired) electrons. The van der Waals surface area contributed by atoms with E-state index in [-0.39, 0.29) is 17.3 Å². The van der Waals surface area contributed by atoms with Gasteiger partial charge in [-0.1, -0.05) is 13.8 Å². The standard InChI is InChI=1S/C10H18O2/c1-7(2)10-5-4-9(3,12-10)8(11)6-10/h7-8,11H,4-6H2,1-3H3/t8-,9+,10-/m0/s1. The van der Waals surface area contributed by atoms with Gasteiger partial charge in [0.05, 0.1) is 17.3 Å². The number of aliphatic hydroxyl groups is 1. The molecule has 1 N–H and O–H groups in total. The SMILES string of the molecule is CC(C)[C@@]12CC[C@@](C)(O1)[C@@H](O)C2. The van der Waals surface area contributed by atoms with Gasteiger partial charge in [0.25, 0.3) is 0 Å². The first kappa shape index (κ1) is 8.52. The molecule has 3 atom stereocenters. The Kier molecular flexibility index (Phi) is 1.59. The molecular weight excluding hydrogens is 152 g/mol. The lowest BCUT2D eigenvalue weighted by Crippen LogP contribution is -2.36. The largest absolute Gasteiger partial charge is 0.390 e. The quantitative estimate of drug-likeness (QED) is 0.649. The first-order chi connectivity index (χ1) is 5.49. The average Bonchev–Trinajstić information content (AvgIpc) is 2.41. The second-order valence-electron chi connectivity index (χ2n) is 4.85. The van der Waals surface area contributed by atoms with Crippen molar-refractivity contribution >= 4 is 0 Å². The third kappa shape index (κ3) is 0.882. The Morgan fingerprint density at radius 1 is 1.42 bits per heavy atom. The summed E-state index contributed by atoms with van der Waals surface area (Å²) in [6.45, 7) is 6.41. The molecule has 2 fully saturated rings. The van der Waals surface area contributed by atoms with Gasteiger partial charge in [0, 0.05) is 6.42 Å². The zero-order chi connectivity index (χ0) is 8.98. The number of rotatable bonds is 1. The molecule has 0 unspecified atom stereocenters. The van der Waals surface area contributed by atoms with Gasteiger partial charge in [0.1, 0.15) is 0 Å². The van der Waals surface area contributed by atoms with Crippen LogP contribution < -0.4 is 0 Å². The molecule has 0 amide bonds. The number of ether oxygens (including phenoxy) is 1. The molecule has 0 saturated carbocycles. The summed E-state index contributed by atoms with van der Waals surface area (Å²) < 4.78 is 5.97. The molecule has 2 nitrogen and oxygen atoms in total. The highest BCUT2D eigenvalue weighted by atomic mass is 16.6. The van der Waals surface area contributed by atoms with E-state index >= 15 is 0 Å². The third-order valence-electron chi connectivity index (χ3n) is 3.78. The molecule has 2 aliphatic heterocycles. The number of hydrogen-bond acceptors (Lipinski definition) is 2. The van der Waals surface area contributed by atoms with E-state index in [0.29, 0.717) is 5.92 Å². The Balaban J connectivity index is 2.25. The molecule has 2 heteroatoms. The van der Waals surface area contributed by atoms with Crippen molar-refractivity contribution in [3.63, 3.8) is 0 Å². The zero-order valence-corrected chi connectivity index (χ0v) is 8.13. The average molecular weight is 170 g/mol. The van der Waals surface area contributed by atoms with Crippen LogP contribution in [-0.2, 0) is 4.74 Å². The summed E-state index contributed by atoms with van der Waals surface area (Å²) in [7, 11) is 0. The topological polar surface area (TPSA) is 29.5 Å². The molecule has 2 aliphatic rings. The minimum Gasteiger partial charge on any atom is -0.390 e. The maximum atomic E-state index is 9.77. The Morgan fingerprint density at radius 2 is 2.08 bits per heavy atom. The van der Waals surface area contributed by atoms with Crippen LogP contribution in [0.5, 0.6) is 0 Å². The van der Waals surface area contributed by atoms with Crippen molar-refractivity contribution in [2.75, 3.05) is 0 Å². The van der Waals surface area contributed by atoms with Crippen molar-refractivity contribution in [2.24, 2.45) is 5.92 Å². The zero-order valence-electron chi connectivity index (χ0n) is 8.13. The maximum Gasteiger partial charge on any atom is 0.0922 e. The summed E-state index contributed by atoms with van der Waals surface area (Å²) in [5.41, 5.74) is -0.238. The smallest absolute Gasteiger partial charge is 0.0922 e. The molecule has 0 aromatic carbocycles. The Labute approximate surface area is 73.9 Å². The van der Waals surface area contributed by atoms with Crippen molar-refractivity contribution < 1.29 is 9.84 Å². The lowest BCUT2D eigenvalue weighted by atomic mass is 9.76. The second kappa shape index (κ2) is 2.24. The van der Waals surface area contributed by atoms with Crippen molar-refractivity contribution in [3.05, 3.63) is 0 Å². The van der Waals surface area contributed by atoms with E-state index in [9.17, 15) is 5.11 Å². The van der Waals surface area contributed by atoms with Crippen LogP contribution in [0.1, 0.15) is 40.0 Å². The normalized spacial score (nSPS) is 52.2. The molecule has 0 spiro atoms. The van der Waals surface area contributed by atoms with Crippen LogP contribution >= 0.6 is 0 Å². The molecule has 0 aromatic rings. The van der Waals surface area contributed by atoms with Gasteiger partial charge in [-0.3, -0.25) is 0 Å². The van der Waals surface area contributed by atoms with Crippen molar-refractivity contribution in [1.29, 1.82) is 0 Å². The van der Waals surface area contributed by atoms with E-state index in [4.69, 9.17) is 4.74 Å². The lowest BCUT2D eigenvalue weighted by molar-refractivity contribution is -0.0801. The molecule has 0 aromatic heterocycles.